The molecule has 0 bridgehead atoms. The van der Waals surface area contributed by atoms with Crippen LogP contribution in [0.4, 0.5) is 5.69 Å². The average molecular weight is 358 g/mol. The number of nitrogens with zero attached hydrogens (tertiary/aromatic N) is 1. The first-order valence-electron chi connectivity index (χ1n) is 7.72. The molecule has 1 aliphatic rings. The van der Waals surface area contributed by atoms with Gasteiger partial charge >= 0.3 is 0 Å². The van der Waals surface area contributed by atoms with E-state index >= 15 is 0 Å². The Kier molecular flexibility index (Phi) is 4.96. The molecule has 130 valence electrons. The average Bonchev–Trinajstić information content (AvgIpc) is 2.66. The number of amides is 2. The molecule has 7 heteroatoms. The molecule has 0 aliphatic carbocycles. The number of ether oxygens (including phenoxy) is 1. The second kappa shape index (κ2) is 7.16. The van der Waals surface area contributed by atoms with E-state index in [2.05, 4.69) is 0 Å². The van der Waals surface area contributed by atoms with Gasteiger partial charge in [0.1, 0.15) is 5.75 Å². The number of hydrogen-bond donors (Lipinski definition) is 2. The molecule has 0 saturated carbocycles. The van der Waals surface area contributed by atoms with E-state index in [4.69, 9.17) is 9.94 Å². The summed E-state index contributed by atoms with van der Waals surface area (Å²) in [7, 11) is 0. The lowest BCUT2D eigenvalue weighted by atomic mass is 10.0. The van der Waals surface area contributed by atoms with Gasteiger partial charge in [-0.15, -0.1) is 11.8 Å². The number of hydroxylamine groups is 1. The maximum atomic E-state index is 12.5. The fraction of sp³-hybridized carbons (Fsp3) is 0.222. The SMILES string of the molecule is CSc1ccc(C(C)N2C(=O)COc3ccc(C(=O)NO)cc32)cc1. The topological polar surface area (TPSA) is 78.9 Å². The number of anilines is 1. The quantitative estimate of drug-likeness (QED) is 0.499. The third-order valence-corrected chi connectivity index (χ3v) is 4.93. The zero-order valence-electron chi connectivity index (χ0n) is 13.9. The highest BCUT2D eigenvalue weighted by Crippen LogP contribution is 2.38. The van der Waals surface area contributed by atoms with Crippen LogP contribution in [-0.4, -0.2) is 29.9 Å². The molecule has 6 nitrogen and oxygen atoms in total. The molecule has 1 aliphatic heterocycles. The molecule has 0 spiro atoms. The molecular formula is C18H18N2O4S. The van der Waals surface area contributed by atoms with Gasteiger partial charge in [0, 0.05) is 10.5 Å². The van der Waals surface area contributed by atoms with Gasteiger partial charge < -0.3 is 4.74 Å². The van der Waals surface area contributed by atoms with E-state index in [1.165, 1.54) is 6.07 Å². The van der Waals surface area contributed by atoms with Gasteiger partial charge in [0.25, 0.3) is 11.8 Å². The maximum Gasteiger partial charge on any atom is 0.274 e. The van der Waals surface area contributed by atoms with Gasteiger partial charge in [0.05, 0.1) is 11.7 Å². The molecule has 0 radical (unpaired) electrons. The van der Waals surface area contributed by atoms with Gasteiger partial charge in [-0.2, -0.15) is 0 Å². The summed E-state index contributed by atoms with van der Waals surface area (Å²) in [6.45, 7) is 1.88. The Morgan fingerprint density at radius 2 is 2.00 bits per heavy atom. The van der Waals surface area contributed by atoms with Crippen LogP contribution >= 0.6 is 11.8 Å². The Hall–Kier alpha value is -2.51. The number of rotatable bonds is 4. The van der Waals surface area contributed by atoms with Crippen molar-refractivity contribution in [3.8, 4) is 5.75 Å². The zero-order valence-corrected chi connectivity index (χ0v) is 14.7. The van der Waals surface area contributed by atoms with E-state index in [0.29, 0.717) is 11.4 Å². The number of nitrogens with one attached hydrogen (secondary N) is 1. The third-order valence-electron chi connectivity index (χ3n) is 4.19. The van der Waals surface area contributed by atoms with Crippen LogP contribution in [0.1, 0.15) is 28.9 Å². The molecule has 1 unspecified atom stereocenters. The predicted molar refractivity (Wildman–Crippen MR) is 95.3 cm³/mol. The molecule has 0 saturated heterocycles. The normalized spacial score (nSPS) is 14.5. The number of carbonyl (C=O) groups is 2. The first-order chi connectivity index (χ1) is 12.0. The molecule has 0 aromatic heterocycles. The van der Waals surface area contributed by atoms with E-state index in [-0.39, 0.29) is 24.1 Å². The molecule has 2 N–H and O–H groups in total. The first kappa shape index (κ1) is 17.3. The zero-order chi connectivity index (χ0) is 18.0. The smallest absolute Gasteiger partial charge is 0.274 e. The lowest BCUT2D eigenvalue weighted by Gasteiger charge is -2.34. The van der Waals surface area contributed by atoms with Crippen LogP contribution < -0.4 is 15.1 Å². The minimum Gasteiger partial charge on any atom is -0.482 e. The van der Waals surface area contributed by atoms with Gasteiger partial charge in [-0.05, 0) is 49.1 Å². The summed E-state index contributed by atoms with van der Waals surface area (Å²) in [6.07, 6.45) is 2.01. The molecule has 2 aromatic rings. The van der Waals surface area contributed by atoms with Crippen LogP contribution in [0.15, 0.2) is 47.4 Å². The van der Waals surface area contributed by atoms with Crippen molar-refractivity contribution in [1.82, 2.24) is 5.48 Å². The third kappa shape index (κ3) is 3.33. The van der Waals surface area contributed by atoms with Crippen molar-refractivity contribution >= 4 is 29.3 Å². The standard InChI is InChI=1S/C18H18N2O4S/c1-11(12-3-6-14(25-2)7-4-12)20-15-9-13(18(22)19-23)5-8-16(15)24-10-17(20)21/h3-9,11,23H,10H2,1-2H3,(H,19,22). The Bertz CT molecular complexity index is 807. The highest BCUT2D eigenvalue weighted by Gasteiger charge is 2.31. The van der Waals surface area contributed by atoms with Crippen molar-refractivity contribution in [2.75, 3.05) is 17.8 Å². The van der Waals surface area contributed by atoms with E-state index < -0.39 is 5.91 Å². The lowest BCUT2D eigenvalue weighted by molar-refractivity contribution is -0.121. The fourth-order valence-electron chi connectivity index (χ4n) is 2.83. The number of hydrogen-bond acceptors (Lipinski definition) is 5. The summed E-state index contributed by atoms with van der Waals surface area (Å²) in [5, 5.41) is 8.83. The van der Waals surface area contributed by atoms with Crippen molar-refractivity contribution < 1.29 is 19.5 Å². The summed E-state index contributed by atoms with van der Waals surface area (Å²) < 4.78 is 5.47. The Morgan fingerprint density at radius 3 is 2.64 bits per heavy atom. The van der Waals surface area contributed by atoms with Crippen LogP contribution in [0.3, 0.4) is 0 Å². The van der Waals surface area contributed by atoms with Gasteiger partial charge in [0.2, 0.25) is 0 Å². The molecular weight excluding hydrogens is 340 g/mol. The Morgan fingerprint density at radius 1 is 1.28 bits per heavy atom. The van der Waals surface area contributed by atoms with Crippen LogP contribution in [-0.2, 0) is 4.79 Å². The minimum absolute atomic E-state index is 0.0498. The van der Waals surface area contributed by atoms with Gasteiger partial charge in [-0.1, -0.05) is 12.1 Å². The predicted octanol–water partition coefficient (Wildman–Crippen LogP) is 3.01. The van der Waals surface area contributed by atoms with Crippen molar-refractivity contribution in [3.63, 3.8) is 0 Å². The van der Waals surface area contributed by atoms with Gasteiger partial charge in [-0.25, -0.2) is 5.48 Å². The summed E-state index contributed by atoms with van der Waals surface area (Å²) in [6, 6.07) is 12.5. The molecule has 1 heterocycles. The Balaban J connectivity index is 2.00. The number of fused-ring (bicyclic) bond motifs is 1. The van der Waals surface area contributed by atoms with Crippen LogP contribution in [0.25, 0.3) is 0 Å². The number of carbonyl (C=O) groups excluding carboxylic acids is 2. The van der Waals surface area contributed by atoms with Crippen molar-refractivity contribution in [2.24, 2.45) is 0 Å². The molecule has 0 fully saturated rings. The number of thioether (sulfide) groups is 1. The van der Waals surface area contributed by atoms with Gasteiger partial charge in [0.15, 0.2) is 6.61 Å². The fourth-order valence-corrected chi connectivity index (χ4v) is 3.24. The van der Waals surface area contributed by atoms with E-state index in [1.54, 1.807) is 34.3 Å². The van der Waals surface area contributed by atoms with E-state index in [9.17, 15) is 9.59 Å². The monoisotopic (exact) mass is 358 g/mol. The summed E-state index contributed by atoms with van der Waals surface area (Å²) in [5.41, 5.74) is 3.34. The Labute approximate surface area is 149 Å². The van der Waals surface area contributed by atoms with Crippen molar-refractivity contribution in [1.29, 1.82) is 0 Å². The van der Waals surface area contributed by atoms with Crippen LogP contribution in [0, 0.1) is 0 Å². The van der Waals surface area contributed by atoms with Crippen molar-refractivity contribution in [3.05, 3.63) is 53.6 Å². The molecule has 2 aromatic carbocycles. The largest absolute Gasteiger partial charge is 0.482 e. The number of benzene rings is 2. The molecule has 25 heavy (non-hydrogen) atoms. The summed E-state index contributed by atoms with van der Waals surface area (Å²) in [4.78, 5) is 27.0. The van der Waals surface area contributed by atoms with Crippen LogP contribution in [0.5, 0.6) is 5.75 Å². The molecule has 3 rings (SSSR count). The summed E-state index contributed by atoms with van der Waals surface area (Å²) in [5.74, 6) is -0.296. The maximum absolute atomic E-state index is 12.5. The van der Waals surface area contributed by atoms with Gasteiger partial charge in [-0.3, -0.25) is 19.7 Å². The second-order valence-electron chi connectivity index (χ2n) is 5.62. The first-order valence-corrected chi connectivity index (χ1v) is 8.95. The summed E-state index contributed by atoms with van der Waals surface area (Å²) >= 11 is 1.65. The highest BCUT2D eigenvalue weighted by atomic mass is 32.2. The minimum atomic E-state index is -0.641. The lowest BCUT2D eigenvalue weighted by Crippen LogP contribution is -2.40. The highest BCUT2D eigenvalue weighted by molar-refractivity contribution is 7.98. The van der Waals surface area contributed by atoms with E-state index in [0.717, 1.165) is 10.5 Å². The second-order valence-corrected chi connectivity index (χ2v) is 6.50. The molecule has 1 atom stereocenters. The van der Waals surface area contributed by atoms with E-state index in [1.807, 2.05) is 37.4 Å². The van der Waals surface area contributed by atoms with Crippen molar-refractivity contribution in [2.45, 2.75) is 17.9 Å². The van der Waals surface area contributed by atoms with Crippen LogP contribution in [0.2, 0.25) is 0 Å². The molecule has 2 amide bonds.